The van der Waals surface area contributed by atoms with Crippen LogP contribution in [0.5, 0.6) is 5.75 Å². The number of nitrogens with one attached hydrogen (secondary N) is 2. The molecule has 0 unspecified atom stereocenters. The highest BCUT2D eigenvalue weighted by Gasteiger charge is 2.67. The van der Waals surface area contributed by atoms with Crippen LogP contribution in [0.25, 0.3) is 0 Å². The fraction of sp³-hybridized carbons (Fsp3) is 0.240. The number of benzene rings is 3. The minimum Gasteiger partial charge on any atom is -0.489 e. The van der Waals surface area contributed by atoms with E-state index in [9.17, 15) is 14.9 Å². The van der Waals surface area contributed by atoms with Crippen LogP contribution in [0.4, 0.5) is 5.69 Å². The Bertz CT molecular complexity index is 1230. The first kappa shape index (κ1) is 21.4. The molecule has 2 aliphatic rings. The lowest BCUT2D eigenvalue weighted by Crippen LogP contribution is -2.54. The average molecular weight is 464 g/mol. The molecule has 0 saturated carbocycles. The molecule has 3 aromatic rings. The Morgan fingerprint density at radius 3 is 2.48 bits per heavy atom. The van der Waals surface area contributed by atoms with Crippen molar-refractivity contribution in [2.24, 2.45) is 0 Å². The first-order chi connectivity index (χ1) is 15.9. The maximum Gasteiger partial charge on any atom is 0.256 e. The van der Waals surface area contributed by atoms with Gasteiger partial charge in [-0.3, -0.25) is 20.2 Å². The number of amides is 1. The van der Waals surface area contributed by atoms with Crippen molar-refractivity contribution >= 4 is 23.2 Å². The molecular formula is C25H22ClN3O4. The third kappa shape index (κ3) is 3.44. The fourth-order valence-corrected chi connectivity index (χ4v) is 5.31. The monoisotopic (exact) mass is 463 g/mol. The Morgan fingerprint density at radius 2 is 1.76 bits per heavy atom. The van der Waals surface area contributed by atoms with Gasteiger partial charge in [-0.1, -0.05) is 60.1 Å². The molecule has 0 aromatic heterocycles. The summed E-state index contributed by atoms with van der Waals surface area (Å²) in [5, 5.41) is 19.1. The number of hydrogen-bond acceptors (Lipinski definition) is 5. The number of fused-ring (bicyclic) bond motifs is 2. The molecule has 4 atom stereocenters. The second kappa shape index (κ2) is 8.17. The van der Waals surface area contributed by atoms with Crippen LogP contribution in [-0.2, 0) is 16.9 Å². The number of hydrogen-bond donors (Lipinski definition) is 2. The van der Waals surface area contributed by atoms with Gasteiger partial charge in [0.25, 0.3) is 11.9 Å². The van der Waals surface area contributed by atoms with Crippen molar-refractivity contribution in [3.63, 3.8) is 0 Å². The summed E-state index contributed by atoms with van der Waals surface area (Å²) in [7, 11) is 0. The summed E-state index contributed by atoms with van der Waals surface area (Å²) in [5.41, 5.74) is 1.46. The smallest absolute Gasteiger partial charge is 0.256 e. The van der Waals surface area contributed by atoms with E-state index in [-0.39, 0.29) is 16.9 Å². The van der Waals surface area contributed by atoms with E-state index >= 15 is 0 Å². The third-order valence-corrected chi connectivity index (χ3v) is 6.95. The number of ether oxygens (including phenoxy) is 1. The highest BCUT2D eigenvalue weighted by molar-refractivity contribution is 6.31. The van der Waals surface area contributed by atoms with Crippen LogP contribution in [0.1, 0.15) is 29.5 Å². The number of nitrogens with zero attached hydrogens (tertiary/aromatic N) is 1. The number of para-hydroxylation sites is 1. The molecule has 3 aromatic carbocycles. The molecule has 5 rings (SSSR count). The van der Waals surface area contributed by atoms with Crippen LogP contribution in [0.15, 0.2) is 72.8 Å². The molecule has 8 heteroatoms. The first-order valence-corrected chi connectivity index (χ1v) is 11.1. The molecule has 1 saturated heterocycles. The molecule has 33 heavy (non-hydrogen) atoms. The maximum absolute atomic E-state index is 13.1. The van der Waals surface area contributed by atoms with Gasteiger partial charge in [-0.25, -0.2) is 0 Å². The maximum atomic E-state index is 13.1. The van der Waals surface area contributed by atoms with E-state index in [2.05, 4.69) is 10.6 Å². The van der Waals surface area contributed by atoms with E-state index in [0.717, 1.165) is 11.1 Å². The quantitative estimate of drug-likeness (QED) is 0.429. The molecule has 0 bridgehead atoms. The molecule has 1 spiro atoms. The topological polar surface area (TPSA) is 93.5 Å². The van der Waals surface area contributed by atoms with Crippen molar-refractivity contribution < 1.29 is 14.5 Å². The average Bonchev–Trinajstić information content (AvgIpc) is 3.27. The Balaban J connectivity index is 1.44. The van der Waals surface area contributed by atoms with E-state index in [0.29, 0.717) is 28.6 Å². The molecular weight excluding hydrogens is 442 g/mol. The van der Waals surface area contributed by atoms with Crippen LogP contribution in [0.2, 0.25) is 5.02 Å². The zero-order valence-electron chi connectivity index (χ0n) is 17.8. The van der Waals surface area contributed by atoms with Gasteiger partial charge in [0, 0.05) is 32.8 Å². The van der Waals surface area contributed by atoms with Crippen molar-refractivity contribution in [2.75, 3.05) is 5.32 Å². The number of rotatable bonds is 5. The van der Waals surface area contributed by atoms with E-state index < -0.39 is 17.5 Å². The number of carbonyl (C=O) groups excluding carboxylic acids is 1. The fourth-order valence-electron chi connectivity index (χ4n) is 5.12. The van der Waals surface area contributed by atoms with Gasteiger partial charge in [-0.15, -0.1) is 0 Å². The predicted octanol–water partition coefficient (Wildman–Crippen LogP) is 4.49. The second-order valence-electron chi connectivity index (χ2n) is 8.45. The van der Waals surface area contributed by atoms with Gasteiger partial charge >= 0.3 is 0 Å². The van der Waals surface area contributed by atoms with Gasteiger partial charge in [0.05, 0.1) is 5.92 Å². The molecule has 168 valence electrons. The number of carbonyl (C=O) groups is 1. The van der Waals surface area contributed by atoms with E-state index in [1.807, 2.05) is 43.3 Å². The Kier molecular flexibility index (Phi) is 5.31. The summed E-state index contributed by atoms with van der Waals surface area (Å²) in [4.78, 5) is 25.1. The molecule has 1 fully saturated rings. The van der Waals surface area contributed by atoms with Crippen molar-refractivity contribution in [2.45, 2.75) is 37.1 Å². The highest BCUT2D eigenvalue weighted by Crippen LogP contribution is 2.49. The summed E-state index contributed by atoms with van der Waals surface area (Å²) in [6.45, 7) is 2.20. The van der Waals surface area contributed by atoms with Crippen LogP contribution in [-0.4, -0.2) is 22.9 Å². The normalized spacial score (nSPS) is 25.6. The molecule has 0 radical (unpaired) electrons. The van der Waals surface area contributed by atoms with Gasteiger partial charge in [-0.2, -0.15) is 0 Å². The first-order valence-electron chi connectivity index (χ1n) is 10.7. The second-order valence-corrected chi connectivity index (χ2v) is 8.85. The van der Waals surface area contributed by atoms with Crippen LogP contribution >= 0.6 is 11.6 Å². The van der Waals surface area contributed by atoms with E-state index in [4.69, 9.17) is 16.3 Å². The van der Waals surface area contributed by atoms with E-state index in [1.54, 1.807) is 36.4 Å². The molecule has 2 heterocycles. The van der Waals surface area contributed by atoms with Crippen LogP contribution in [0, 0.1) is 10.1 Å². The lowest BCUT2D eigenvalue weighted by Gasteiger charge is -2.25. The van der Waals surface area contributed by atoms with Crippen molar-refractivity contribution in [3.8, 4) is 5.75 Å². The van der Waals surface area contributed by atoms with Crippen LogP contribution < -0.4 is 15.4 Å². The van der Waals surface area contributed by atoms with Gasteiger partial charge in [0.1, 0.15) is 12.4 Å². The van der Waals surface area contributed by atoms with Crippen molar-refractivity contribution in [1.82, 2.24) is 5.32 Å². The summed E-state index contributed by atoms with van der Waals surface area (Å²) in [6.07, 6.45) is 0. The van der Waals surface area contributed by atoms with E-state index in [1.165, 1.54) is 0 Å². The molecule has 2 aliphatic heterocycles. The SMILES string of the molecule is C[C@@H]1N[C@]2(C(=O)Nc3ccccc32)[C@H]([N+](=O)[O-])[C@@H]1c1ccc(OCc2ccccc2Cl)cc1. The van der Waals surface area contributed by atoms with Crippen LogP contribution in [0.3, 0.4) is 0 Å². The minimum atomic E-state index is -1.41. The third-order valence-electron chi connectivity index (χ3n) is 6.58. The molecule has 2 N–H and O–H groups in total. The summed E-state index contributed by atoms with van der Waals surface area (Å²) in [5.74, 6) is -0.262. The summed E-state index contributed by atoms with van der Waals surface area (Å²) < 4.78 is 5.85. The van der Waals surface area contributed by atoms with Gasteiger partial charge in [0.15, 0.2) is 5.54 Å². The molecule has 1 amide bonds. The number of anilines is 1. The van der Waals surface area contributed by atoms with Gasteiger partial charge in [-0.05, 0) is 36.8 Å². The van der Waals surface area contributed by atoms with Crippen molar-refractivity contribution in [1.29, 1.82) is 0 Å². The Labute approximate surface area is 195 Å². The van der Waals surface area contributed by atoms with Gasteiger partial charge < -0.3 is 10.1 Å². The highest BCUT2D eigenvalue weighted by atomic mass is 35.5. The Hall–Kier alpha value is -3.42. The zero-order valence-corrected chi connectivity index (χ0v) is 18.6. The number of nitro groups is 1. The Morgan fingerprint density at radius 1 is 1.06 bits per heavy atom. The molecule has 0 aliphatic carbocycles. The van der Waals surface area contributed by atoms with Gasteiger partial charge in [0.2, 0.25) is 0 Å². The lowest BCUT2D eigenvalue weighted by atomic mass is 9.78. The van der Waals surface area contributed by atoms with Crippen molar-refractivity contribution in [3.05, 3.63) is 105 Å². The minimum absolute atomic E-state index is 0.299. The largest absolute Gasteiger partial charge is 0.489 e. The summed E-state index contributed by atoms with van der Waals surface area (Å²) >= 11 is 6.19. The zero-order chi connectivity index (χ0) is 23.2. The standard InChI is InChI=1S/C25H22ClN3O4/c1-15-22(16-10-12-18(13-11-16)33-14-17-6-2-4-8-20(17)26)23(29(31)32)25(28-15)19-7-3-5-9-21(19)27-24(25)30/h2-13,15,22-23,28H,14H2,1H3,(H,27,30)/t15-,22-,23+,25-/m0/s1. The lowest BCUT2D eigenvalue weighted by molar-refractivity contribution is -0.532. The predicted molar refractivity (Wildman–Crippen MR) is 125 cm³/mol. The molecule has 7 nitrogen and oxygen atoms in total. The summed E-state index contributed by atoms with van der Waals surface area (Å²) in [6, 6.07) is 20.4. The number of halogens is 1.